The Morgan fingerprint density at radius 2 is 1.52 bits per heavy atom. The first kappa shape index (κ1) is 28.7. The molecule has 2 aromatic heterocycles. The van der Waals surface area contributed by atoms with Crippen molar-refractivity contribution >= 4 is 45.8 Å². The van der Waals surface area contributed by atoms with Gasteiger partial charge in [0, 0.05) is 52.1 Å². The minimum atomic E-state index is -0.532. The highest BCUT2D eigenvalue weighted by Gasteiger charge is 2.33. The maximum atomic E-state index is 13.0. The van der Waals surface area contributed by atoms with E-state index in [0.29, 0.717) is 41.6 Å². The third kappa shape index (κ3) is 5.64. The Morgan fingerprint density at radius 3 is 2.27 bits per heavy atom. The number of para-hydroxylation sites is 1. The fourth-order valence-electron chi connectivity index (χ4n) is 5.85. The van der Waals surface area contributed by atoms with Crippen LogP contribution in [0.1, 0.15) is 54.4 Å². The molecule has 0 bridgehead atoms. The van der Waals surface area contributed by atoms with Crippen LogP contribution in [0.5, 0.6) is 0 Å². The Kier molecular flexibility index (Phi) is 8.10. The van der Waals surface area contributed by atoms with Crippen LogP contribution in [-0.2, 0) is 35.3 Å². The third-order valence-electron chi connectivity index (χ3n) is 7.99. The summed E-state index contributed by atoms with van der Waals surface area (Å²) in [5.41, 5.74) is 7.21. The van der Waals surface area contributed by atoms with Crippen LogP contribution in [0, 0.1) is 0 Å². The van der Waals surface area contributed by atoms with Gasteiger partial charge in [-0.1, -0.05) is 30.3 Å². The fraction of sp³-hybridized carbons (Fsp3) is 0.200. The van der Waals surface area contributed by atoms with Crippen molar-refractivity contribution in [3.8, 4) is 0 Å². The van der Waals surface area contributed by atoms with Crippen LogP contribution in [0.15, 0.2) is 85.1 Å². The van der Waals surface area contributed by atoms with E-state index in [-0.39, 0.29) is 5.91 Å². The molecule has 0 saturated heterocycles. The molecule has 0 spiro atoms. The number of nitrogens with zero attached hydrogens (tertiary/aromatic N) is 2. The molecule has 3 heterocycles. The van der Waals surface area contributed by atoms with Crippen molar-refractivity contribution in [1.82, 2.24) is 9.55 Å². The van der Waals surface area contributed by atoms with E-state index in [9.17, 15) is 14.4 Å². The molecule has 1 amide bonds. The molecule has 0 fully saturated rings. The normalized spacial score (nSPS) is 12.0. The van der Waals surface area contributed by atoms with Crippen molar-refractivity contribution in [2.24, 2.45) is 0 Å². The lowest BCUT2D eigenvalue weighted by Crippen LogP contribution is -2.13. The first-order valence-electron chi connectivity index (χ1n) is 14.5. The van der Waals surface area contributed by atoms with Gasteiger partial charge in [0.15, 0.2) is 0 Å². The average Bonchev–Trinajstić information content (AvgIpc) is 3.65. The van der Waals surface area contributed by atoms with E-state index in [1.165, 1.54) is 14.2 Å². The number of fused-ring (bicyclic) bond motifs is 2. The second-order valence-corrected chi connectivity index (χ2v) is 10.6. The van der Waals surface area contributed by atoms with Crippen LogP contribution in [0.4, 0.5) is 17.1 Å². The van der Waals surface area contributed by atoms with Crippen molar-refractivity contribution < 1.29 is 23.9 Å². The van der Waals surface area contributed by atoms with Gasteiger partial charge < -0.3 is 24.7 Å². The highest BCUT2D eigenvalue weighted by molar-refractivity contribution is 6.06. The molecule has 9 heteroatoms. The van der Waals surface area contributed by atoms with Gasteiger partial charge in [-0.2, -0.15) is 0 Å². The molecule has 0 aliphatic carbocycles. The summed E-state index contributed by atoms with van der Waals surface area (Å²) in [4.78, 5) is 42.6. The molecule has 0 saturated carbocycles. The van der Waals surface area contributed by atoms with E-state index >= 15 is 0 Å². The Balaban J connectivity index is 1.10. The summed E-state index contributed by atoms with van der Waals surface area (Å²) >= 11 is 0. The Labute approximate surface area is 254 Å². The molecule has 1 aliphatic heterocycles. The number of aromatic nitrogens is 2. The summed E-state index contributed by atoms with van der Waals surface area (Å²) in [6, 6.07) is 24.8. The molecule has 222 valence electrons. The predicted octanol–water partition coefficient (Wildman–Crippen LogP) is 6.34. The number of nitrogens with one attached hydrogen (secondary N) is 2. The molecule has 2 N–H and O–H groups in total. The zero-order valence-electron chi connectivity index (χ0n) is 24.6. The van der Waals surface area contributed by atoms with Crippen molar-refractivity contribution in [1.29, 1.82) is 0 Å². The number of anilines is 3. The minimum absolute atomic E-state index is 0.208. The lowest BCUT2D eigenvalue weighted by atomic mass is 10.0. The number of benzene rings is 3. The number of carbonyl (C=O) groups excluding carboxylic acids is 3. The molecule has 0 unspecified atom stereocenters. The lowest BCUT2D eigenvalue weighted by Gasteiger charge is -2.11. The number of hydrogen-bond acceptors (Lipinski definition) is 7. The van der Waals surface area contributed by atoms with Gasteiger partial charge in [0.2, 0.25) is 0 Å². The largest absolute Gasteiger partial charge is 0.465 e. The summed E-state index contributed by atoms with van der Waals surface area (Å²) < 4.78 is 12.1. The van der Waals surface area contributed by atoms with Crippen molar-refractivity contribution in [3.05, 3.63) is 119 Å². The van der Waals surface area contributed by atoms with Gasteiger partial charge in [-0.15, -0.1) is 0 Å². The molecule has 5 aromatic rings. The summed E-state index contributed by atoms with van der Waals surface area (Å²) in [5.74, 6) is -1.26. The Hall–Kier alpha value is -5.44. The third-order valence-corrected chi connectivity index (χ3v) is 7.99. The number of aryl methyl sites for hydroxylation is 1. The molecule has 0 radical (unpaired) electrons. The second-order valence-electron chi connectivity index (χ2n) is 10.6. The average molecular weight is 589 g/mol. The molecule has 0 atom stereocenters. The number of methoxy groups -OCH3 is 2. The molecular weight excluding hydrogens is 556 g/mol. The van der Waals surface area contributed by atoms with Gasteiger partial charge in [-0.05, 0) is 79.8 Å². The fourth-order valence-corrected chi connectivity index (χ4v) is 5.85. The molecule has 9 nitrogen and oxygen atoms in total. The highest BCUT2D eigenvalue weighted by Crippen LogP contribution is 2.32. The zero-order chi connectivity index (χ0) is 30.6. The van der Waals surface area contributed by atoms with Gasteiger partial charge in [0.05, 0.1) is 30.9 Å². The van der Waals surface area contributed by atoms with E-state index in [1.54, 1.807) is 18.3 Å². The molecule has 1 aliphatic rings. The molecule has 3 aromatic carbocycles. The number of ether oxygens (including phenoxy) is 2. The van der Waals surface area contributed by atoms with Crippen LogP contribution in [0.2, 0.25) is 0 Å². The first-order chi connectivity index (χ1) is 21.5. The van der Waals surface area contributed by atoms with E-state index < -0.39 is 11.9 Å². The summed E-state index contributed by atoms with van der Waals surface area (Å²) in [6.45, 7) is 0.744. The van der Waals surface area contributed by atoms with Crippen LogP contribution in [0.25, 0.3) is 10.9 Å². The minimum Gasteiger partial charge on any atom is -0.465 e. The topological polar surface area (TPSA) is 112 Å². The highest BCUT2D eigenvalue weighted by atomic mass is 16.5. The number of pyridine rings is 1. The number of amides is 1. The number of carbonyl (C=O) groups is 3. The maximum Gasteiger partial charge on any atom is 0.340 e. The zero-order valence-corrected chi connectivity index (χ0v) is 24.6. The Morgan fingerprint density at radius 1 is 0.818 bits per heavy atom. The quantitative estimate of drug-likeness (QED) is 0.193. The standard InChI is InChI=1S/C35H32N4O5/c1-43-34(41)31-29-8-5-21-39(29)30(32(31)35(42)44-2)18-11-22-9-14-25(15-10-22)38-33(40)23-12-16-24(17-13-23)37-28-19-20-36-27-7-4-3-6-26(27)28/h3-4,6-7,9-10,12-17,19-20H,5,8,11,18,21H2,1-2H3,(H,36,37)(H,38,40). The van der Waals surface area contributed by atoms with Crippen LogP contribution in [0.3, 0.4) is 0 Å². The van der Waals surface area contributed by atoms with Crippen molar-refractivity contribution in [3.63, 3.8) is 0 Å². The van der Waals surface area contributed by atoms with Gasteiger partial charge in [0.1, 0.15) is 0 Å². The molecule has 44 heavy (non-hydrogen) atoms. The monoisotopic (exact) mass is 588 g/mol. The number of hydrogen-bond donors (Lipinski definition) is 2. The van der Waals surface area contributed by atoms with E-state index in [4.69, 9.17) is 9.47 Å². The SMILES string of the molecule is COC(=O)c1c(C(=O)OC)c(CCc2ccc(NC(=O)c3ccc(Nc4ccnc5ccccc45)cc3)cc2)n2c1CCC2. The number of rotatable bonds is 9. The van der Waals surface area contributed by atoms with E-state index in [1.807, 2.05) is 66.7 Å². The smallest absolute Gasteiger partial charge is 0.340 e. The molecular formula is C35H32N4O5. The number of esters is 2. The van der Waals surface area contributed by atoms with Crippen LogP contribution >= 0.6 is 0 Å². The van der Waals surface area contributed by atoms with E-state index in [0.717, 1.165) is 52.2 Å². The molecule has 6 rings (SSSR count). The van der Waals surface area contributed by atoms with Crippen molar-refractivity contribution in [2.45, 2.75) is 32.2 Å². The van der Waals surface area contributed by atoms with Crippen LogP contribution in [-0.4, -0.2) is 41.6 Å². The van der Waals surface area contributed by atoms with E-state index in [2.05, 4.69) is 20.2 Å². The maximum absolute atomic E-state index is 13.0. The second kappa shape index (κ2) is 12.4. The lowest BCUT2D eigenvalue weighted by molar-refractivity contribution is 0.0555. The predicted molar refractivity (Wildman–Crippen MR) is 169 cm³/mol. The van der Waals surface area contributed by atoms with Gasteiger partial charge in [0.25, 0.3) is 5.91 Å². The summed E-state index contributed by atoms with van der Waals surface area (Å²) in [7, 11) is 2.64. The van der Waals surface area contributed by atoms with Gasteiger partial charge >= 0.3 is 11.9 Å². The van der Waals surface area contributed by atoms with Crippen LogP contribution < -0.4 is 10.6 Å². The first-order valence-corrected chi connectivity index (χ1v) is 14.5. The van der Waals surface area contributed by atoms with Gasteiger partial charge in [-0.3, -0.25) is 9.78 Å². The van der Waals surface area contributed by atoms with Gasteiger partial charge in [-0.25, -0.2) is 9.59 Å². The summed E-state index contributed by atoms with van der Waals surface area (Å²) in [5, 5.41) is 7.38. The summed E-state index contributed by atoms with van der Waals surface area (Å²) in [6.07, 6.45) is 4.58. The van der Waals surface area contributed by atoms with Crippen molar-refractivity contribution in [2.75, 3.05) is 24.9 Å². The Bertz CT molecular complexity index is 1850.